The van der Waals surface area contributed by atoms with E-state index in [0.717, 1.165) is 19.4 Å². The Balaban J connectivity index is 0.00000397. The molecule has 0 aliphatic carbocycles. The third-order valence-corrected chi connectivity index (χ3v) is 11.0. The van der Waals surface area contributed by atoms with Crippen molar-refractivity contribution in [1.82, 2.24) is 15.5 Å². The summed E-state index contributed by atoms with van der Waals surface area (Å²) < 4.78 is 3.06. The van der Waals surface area contributed by atoms with Crippen LogP contribution in [0.15, 0.2) is 24.3 Å². The summed E-state index contributed by atoms with van der Waals surface area (Å²) in [5.74, 6) is 1.42. The Bertz CT molecular complexity index is 948. The Labute approximate surface area is 335 Å². The topological polar surface area (TPSA) is 47.4 Å². The number of amides is 1. The average Bonchev–Trinajstić information content (AvgIpc) is 3.51. The van der Waals surface area contributed by atoms with E-state index in [0.29, 0.717) is 22.8 Å². The Morgan fingerprint density at radius 2 is 1.13 bits per heavy atom. The molecule has 0 spiro atoms. The molecular formula is C45H86N4OS2. The van der Waals surface area contributed by atoms with Gasteiger partial charge in [-0.05, 0) is 91.4 Å². The maximum atomic E-state index is 12.7. The van der Waals surface area contributed by atoms with E-state index in [1.54, 1.807) is 4.90 Å². The highest BCUT2D eigenvalue weighted by molar-refractivity contribution is 8.00. The molecule has 1 aliphatic heterocycles. The molecule has 0 fully saturated rings. The second kappa shape index (κ2) is 36.5. The molecule has 0 radical (unpaired) electrons. The Morgan fingerprint density at radius 3 is 1.56 bits per heavy atom. The molecular weight excluding hydrogens is 677 g/mol. The Kier molecular flexibility index (Phi) is 35.5. The minimum atomic E-state index is 0.0474. The molecule has 5 nitrogen and oxygen atoms in total. The van der Waals surface area contributed by atoms with Crippen LogP contribution in [0.5, 0.6) is 0 Å². The number of hydrogen-bond acceptors (Lipinski definition) is 4. The normalized spacial score (nSPS) is 15.5. The highest BCUT2D eigenvalue weighted by Gasteiger charge is 2.35. The zero-order valence-corrected chi connectivity index (χ0v) is 37.1. The summed E-state index contributed by atoms with van der Waals surface area (Å²) in [7, 11) is 3.66. The summed E-state index contributed by atoms with van der Waals surface area (Å²) in [5.41, 5.74) is 0. The first-order valence-electron chi connectivity index (χ1n) is 22.0. The number of hydrogen-bond donors (Lipinski definition) is 2. The predicted octanol–water partition coefficient (Wildman–Crippen LogP) is 12.3. The van der Waals surface area contributed by atoms with E-state index in [9.17, 15) is 4.79 Å². The first-order valence-corrected chi connectivity index (χ1v) is 22.8. The van der Waals surface area contributed by atoms with Crippen molar-refractivity contribution in [1.29, 1.82) is 0 Å². The number of thiocarbonyl (C=S) groups is 1. The number of allylic oxidation sites excluding steroid dienone is 4. The van der Waals surface area contributed by atoms with E-state index in [-0.39, 0.29) is 11.9 Å². The molecule has 1 heterocycles. The average molecular weight is 763 g/mol. The van der Waals surface area contributed by atoms with Crippen LogP contribution >= 0.6 is 12.2 Å². The first kappa shape index (κ1) is 50.5. The number of carbonyl (C=O) groups is 1. The quantitative estimate of drug-likeness (QED) is 0.0235. The van der Waals surface area contributed by atoms with Gasteiger partial charge in [0.05, 0.1) is 6.04 Å². The molecule has 1 aliphatic rings. The summed E-state index contributed by atoms with van der Waals surface area (Å²) in [4.78, 5) is 14.4. The smallest absolute Gasteiger partial charge is 0.268 e. The molecule has 3 atom stereocenters. The molecule has 52 heavy (non-hydrogen) atoms. The fourth-order valence-corrected chi connectivity index (χ4v) is 6.94. The largest absolute Gasteiger partial charge is 0.411 e. The number of unbranched alkanes of at least 4 members (excludes halogenated alkanes) is 21. The van der Waals surface area contributed by atoms with Crippen LogP contribution in [0.2, 0.25) is 0 Å². The van der Waals surface area contributed by atoms with Gasteiger partial charge in [0.25, 0.3) is 5.84 Å². The van der Waals surface area contributed by atoms with Crippen LogP contribution < -0.4 is 10.6 Å². The molecule has 3 unspecified atom stereocenters. The molecule has 1 rings (SSSR count). The third-order valence-electron chi connectivity index (χ3n) is 10.3. The minimum Gasteiger partial charge on any atom is -0.411 e. The van der Waals surface area contributed by atoms with Gasteiger partial charge < -0.3 is 35.1 Å². The van der Waals surface area contributed by atoms with Crippen molar-refractivity contribution in [2.45, 2.75) is 226 Å². The Hall–Kier alpha value is -1.47. The molecule has 0 aromatic carbocycles. The van der Waals surface area contributed by atoms with E-state index < -0.39 is 0 Å². The van der Waals surface area contributed by atoms with E-state index in [1.165, 1.54) is 160 Å². The second-order valence-corrected chi connectivity index (χ2v) is 16.7. The zero-order valence-electron chi connectivity index (χ0n) is 35.5. The molecule has 0 bridgehead atoms. The van der Waals surface area contributed by atoms with E-state index in [1.807, 2.05) is 14.1 Å². The van der Waals surface area contributed by atoms with Crippen molar-refractivity contribution in [2.75, 3.05) is 20.6 Å². The van der Waals surface area contributed by atoms with Gasteiger partial charge in [0.2, 0.25) is 5.91 Å². The molecule has 304 valence electrons. The molecule has 2 N–H and O–H groups in total. The van der Waals surface area contributed by atoms with Crippen molar-refractivity contribution in [3.63, 3.8) is 0 Å². The number of nitrogens with one attached hydrogen (secondary N) is 2. The summed E-state index contributed by atoms with van der Waals surface area (Å²) in [6, 6.07) is 1.03. The van der Waals surface area contributed by atoms with Gasteiger partial charge in [0, 0.05) is 20.5 Å². The van der Waals surface area contributed by atoms with Crippen LogP contribution in [0.1, 0.15) is 208 Å². The highest BCUT2D eigenvalue weighted by Crippen LogP contribution is 2.15. The van der Waals surface area contributed by atoms with Gasteiger partial charge in [-0.1, -0.05) is 139 Å². The number of amidine groups is 1. The van der Waals surface area contributed by atoms with Gasteiger partial charge in [0.15, 0.2) is 0 Å². The van der Waals surface area contributed by atoms with Crippen molar-refractivity contribution < 1.29 is 9.37 Å². The summed E-state index contributed by atoms with van der Waals surface area (Å²) in [6.45, 7) is 12.4. The van der Waals surface area contributed by atoms with Gasteiger partial charge in [-0.2, -0.15) is 0 Å². The first-order chi connectivity index (χ1) is 25.1. The maximum absolute atomic E-state index is 12.7. The SMILES string of the molecule is CCCCCCCC/C=C\CCCCCCCC(=O)NC(C)C1=[N+](C(C)CCCCCC/C=C\CCCCCCCC)C(C)CN1.CN(C)C(=S)[S-]. The van der Waals surface area contributed by atoms with Crippen LogP contribution in [0.3, 0.4) is 0 Å². The number of rotatable bonds is 32. The fourth-order valence-electron chi connectivity index (χ4n) is 6.94. The van der Waals surface area contributed by atoms with Crippen LogP contribution in [-0.2, 0) is 17.4 Å². The van der Waals surface area contributed by atoms with Gasteiger partial charge in [-0.3, -0.25) is 14.7 Å². The predicted molar refractivity (Wildman–Crippen MR) is 238 cm³/mol. The molecule has 0 aromatic heterocycles. The van der Waals surface area contributed by atoms with E-state index >= 15 is 0 Å². The van der Waals surface area contributed by atoms with Gasteiger partial charge >= 0.3 is 0 Å². The van der Waals surface area contributed by atoms with E-state index in [2.05, 4.69) is 99.0 Å². The highest BCUT2D eigenvalue weighted by atomic mass is 32.1. The fraction of sp³-hybridized carbons (Fsp3) is 0.844. The third kappa shape index (κ3) is 29.9. The second-order valence-electron chi connectivity index (χ2n) is 15.7. The summed E-state index contributed by atoms with van der Waals surface area (Å²) in [6.07, 6.45) is 44.3. The zero-order chi connectivity index (χ0) is 38.7. The lowest BCUT2D eigenvalue weighted by Gasteiger charge is -2.19. The summed E-state index contributed by atoms with van der Waals surface area (Å²) >= 11 is 9.12. The minimum absolute atomic E-state index is 0.0474. The molecule has 1 amide bonds. The molecule has 0 saturated carbocycles. The molecule has 7 heteroatoms. The van der Waals surface area contributed by atoms with Gasteiger partial charge in [-0.15, -0.1) is 0 Å². The lowest BCUT2D eigenvalue weighted by atomic mass is 10.1. The number of nitrogens with zero attached hydrogens (tertiary/aromatic N) is 2. The Morgan fingerprint density at radius 1 is 0.750 bits per heavy atom. The van der Waals surface area contributed by atoms with Crippen LogP contribution in [-0.4, -0.2) is 64.3 Å². The van der Waals surface area contributed by atoms with Gasteiger partial charge in [0.1, 0.15) is 18.6 Å². The molecule has 0 saturated heterocycles. The van der Waals surface area contributed by atoms with Crippen molar-refractivity contribution in [3.05, 3.63) is 24.3 Å². The monoisotopic (exact) mass is 763 g/mol. The van der Waals surface area contributed by atoms with Crippen LogP contribution in [0.25, 0.3) is 0 Å². The maximum Gasteiger partial charge on any atom is 0.268 e. The van der Waals surface area contributed by atoms with Crippen LogP contribution in [0.4, 0.5) is 0 Å². The summed E-state index contributed by atoms with van der Waals surface area (Å²) in [5, 5.41) is 6.93. The van der Waals surface area contributed by atoms with Gasteiger partial charge in [-0.25, -0.2) is 0 Å². The van der Waals surface area contributed by atoms with Crippen molar-refractivity contribution in [3.8, 4) is 0 Å². The van der Waals surface area contributed by atoms with E-state index in [4.69, 9.17) is 0 Å². The lowest BCUT2D eigenvalue weighted by molar-refractivity contribution is -0.587. The van der Waals surface area contributed by atoms with Crippen LogP contribution in [0, 0.1) is 0 Å². The standard InChI is InChI=1S/C42H79N3O.C3H7NS2/c1-6-8-10-12-14-16-18-20-22-24-26-28-30-32-34-36-41(46)44-40(5)42-43-37-39(4)45(42)38(3)35-33-31-29-27-25-23-21-19-17-15-13-11-9-7-2;1-4(2)3(5)6/h20-23,38-40H,6-19,24-37H2,1-5H3,(H,44,46);1-2H3,(H,5,6)/b22-20-,23-21-;. The van der Waals surface area contributed by atoms with Crippen molar-refractivity contribution >= 4 is 40.9 Å². The lowest BCUT2D eigenvalue weighted by Crippen LogP contribution is -2.47. The number of carbonyl (C=O) groups excluding carboxylic acids is 1. The van der Waals surface area contributed by atoms with Crippen molar-refractivity contribution in [2.24, 2.45) is 0 Å². The molecule has 0 aromatic rings.